The van der Waals surface area contributed by atoms with Gasteiger partial charge in [-0.1, -0.05) is 25.5 Å². The van der Waals surface area contributed by atoms with Crippen LogP contribution in [0.25, 0.3) is 5.76 Å². The zero-order chi connectivity index (χ0) is 21.0. The minimum atomic E-state index is -0.756. The molecule has 1 unspecified atom stereocenters. The van der Waals surface area contributed by atoms with Gasteiger partial charge in [0.25, 0.3) is 11.7 Å². The molecule has 0 aliphatic carbocycles. The first-order valence-electron chi connectivity index (χ1n) is 9.75. The molecule has 1 atom stereocenters. The largest absolute Gasteiger partial charge is 0.507 e. The van der Waals surface area contributed by atoms with Crippen LogP contribution in [-0.2, 0) is 9.59 Å². The van der Waals surface area contributed by atoms with Crippen LogP contribution in [0, 0.1) is 5.82 Å². The highest BCUT2D eigenvalue weighted by atomic mass is 19.1. The Labute approximate surface area is 169 Å². The molecule has 0 aromatic heterocycles. The molecule has 0 spiro atoms. The minimum absolute atomic E-state index is 0.0156. The lowest BCUT2D eigenvalue weighted by Crippen LogP contribution is -2.30. The lowest BCUT2D eigenvalue weighted by molar-refractivity contribution is -0.139. The number of ether oxygens (including phenoxy) is 1. The Morgan fingerprint density at radius 2 is 1.72 bits per heavy atom. The van der Waals surface area contributed by atoms with Gasteiger partial charge in [0, 0.05) is 12.1 Å². The number of halogens is 1. The summed E-state index contributed by atoms with van der Waals surface area (Å²) in [6.07, 6.45) is 1.56. The van der Waals surface area contributed by atoms with Gasteiger partial charge in [0.2, 0.25) is 0 Å². The van der Waals surface area contributed by atoms with Crippen molar-refractivity contribution >= 4 is 17.4 Å². The van der Waals surface area contributed by atoms with Crippen molar-refractivity contribution < 1.29 is 23.8 Å². The third kappa shape index (κ3) is 4.16. The van der Waals surface area contributed by atoms with Gasteiger partial charge in [0.05, 0.1) is 18.2 Å². The number of Topliss-reactive ketones (excluding diaryl/α,β-unsaturated/α-hetero) is 1. The second-order valence-electron chi connectivity index (χ2n) is 6.85. The van der Waals surface area contributed by atoms with Crippen molar-refractivity contribution in [2.24, 2.45) is 0 Å². The van der Waals surface area contributed by atoms with Crippen LogP contribution in [0.2, 0.25) is 0 Å². The molecule has 5 nitrogen and oxygen atoms in total. The van der Waals surface area contributed by atoms with E-state index in [2.05, 4.69) is 0 Å². The number of ketones is 1. The summed E-state index contributed by atoms with van der Waals surface area (Å²) in [5.41, 5.74) is 1.00. The maximum absolute atomic E-state index is 13.4. The number of likely N-dealkylation sites (tertiary alicyclic amines) is 1. The molecule has 1 saturated heterocycles. The van der Waals surface area contributed by atoms with E-state index in [1.54, 1.807) is 24.3 Å². The number of benzene rings is 2. The van der Waals surface area contributed by atoms with Gasteiger partial charge < -0.3 is 14.7 Å². The molecule has 1 aliphatic rings. The summed E-state index contributed by atoms with van der Waals surface area (Å²) in [4.78, 5) is 26.9. The standard InChI is InChI=1S/C23H24FNO4/c1-3-5-14-25-20(15-6-10-17(24)11-7-15)19(22(27)23(25)28)21(26)16-8-12-18(13-9-16)29-4-2/h6-13,20,26H,3-5,14H2,1-2H3/b21-19-. The number of amides is 1. The van der Waals surface area contributed by atoms with Gasteiger partial charge in [-0.05, 0) is 55.3 Å². The number of nitrogens with zero attached hydrogens (tertiary/aromatic N) is 1. The van der Waals surface area contributed by atoms with Gasteiger partial charge in [0.15, 0.2) is 0 Å². The van der Waals surface area contributed by atoms with Gasteiger partial charge in [-0.3, -0.25) is 9.59 Å². The first-order chi connectivity index (χ1) is 14.0. The van der Waals surface area contributed by atoms with Gasteiger partial charge in [-0.15, -0.1) is 0 Å². The van der Waals surface area contributed by atoms with E-state index in [-0.39, 0.29) is 11.3 Å². The summed E-state index contributed by atoms with van der Waals surface area (Å²) < 4.78 is 18.8. The van der Waals surface area contributed by atoms with Crippen LogP contribution < -0.4 is 4.74 Å². The second-order valence-corrected chi connectivity index (χ2v) is 6.85. The molecule has 3 rings (SSSR count). The summed E-state index contributed by atoms with van der Waals surface area (Å²) in [7, 11) is 0. The summed E-state index contributed by atoms with van der Waals surface area (Å²) in [6, 6.07) is 11.6. The fourth-order valence-electron chi connectivity index (χ4n) is 3.46. The molecule has 1 N–H and O–H groups in total. The van der Waals surface area contributed by atoms with E-state index in [0.717, 1.165) is 6.42 Å². The number of aliphatic hydroxyl groups excluding tert-OH is 1. The number of hydrogen-bond acceptors (Lipinski definition) is 4. The average molecular weight is 397 g/mol. The number of carbonyl (C=O) groups is 2. The highest BCUT2D eigenvalue weighted by Crippen LogP contribution is 2.39. The third-order valence-corrected chi connectivity index (χ3v) is 4.92. The number of carbonyl (C=O) groups excluding carboxylic acids is 2. The van der Waals surface area contributed by atoms with Crippen molar-refractivity contribution in [3.63, 3.8) is 0 Å². The average Bonchev–Trinajstić information content (AvgIpc) is 2.98. The molecule has 1 amide bonds. The van der Waals surface area contributed by atoms with Crippen LogP contribution in [0.15, 0.2) is 54.1 Å². The third-order valence-electron chi connectivity index (χ3n) is 4.92. The van der Waals surface area contributed by atoms with Gasteiger partial charge in [-0.2, -0.15) is 0 Å². The number of aliphatic hydroxyl groups is 1. The second kappa shape index (κ2) is 8.90. The molecular weight excluding hydrogens is 373 g/mol. The van der Waals surface area contributed by atoms with E-state index < -0.39 is 23.5 Å². The highest BCUT2D eigenvalue weighted by molar-refractivity contribution is 6.46. The smallest absolute Gasteiger partial charge is 0.295 e. The summed E-state index contributed by atoms with van der Waals surface area (Å²) in [5, 5.41) is 10.9. The fraction of sp³-hybridized carbons (Fsp3) is 0.304. The molecule has 0 saturated carbocycles. The number of rotatable bonds is 7. The summed E-state index contributed by atoms with van der Waals surface area (Å²) in [5.74, 6) is -1.41. The first-order valence-corrected chi connectivity index (χ1v) is 9.75. The van der Waals surface area contributed by atoms with Crippen LogP contribution in [0.5, 0.6) is 5.75 Å². The lowest BCUT2D eigenvalue weighted by Gasteiger charge is -2.25. The van der Waals surface area contributed by atoms with Crippen LogP contribution in [0.4, 0.5) is 4.39 Å². The summed E-state index contributed by atoms with van der Waals surface area (Å²) >= 11 is 0. The Hall–Kier alpha value is -3.15. The van der Waals surface area contributed by atoms with E-state index >= 15 is 0 Å². The van der Waals surface area contributed by atoms with Gasteiger partial charge in [-0.25, -0.2) is 4.39 Å². The molecule has 29 heavy (non-hydrogen) atoms. The first kappa shape index (κ1) is 20.6. The molecule has 2 aromatic rings. The summed E-state index contributed by atoms with van der Waals surface area (Å²) in [6.45, 7) is 4.75. The predicted molar refractivity (Wildman–Crippen MR) is 108 cm³/mol. The minimum Gasteiger partial charge on any atom is -0.507 e. The Bertz CT molecular complexity index is 919. The normalized spacial score (nSPS) is 18.3. The molecule has 6 heteroatoms. The Balaban J connectivity index is 2.09. The molecule has 2 aromatic carbocycles. The maximum atomic E-state index is 13.4. The van der Waals surface area contributed by atoms with Crippen LogP contribution in [0.1, 0.15) is 43.9 Å². The Kier molecular flexibility index (Phi) is 6.32. The van der Waals surface area contributed by atoms with Gasteiger partial charge in [0.1, 0.15) is 17.3 Å². The van der Waals surface area contributed by atoms with E-state index in [4.69, 9.17) is 4.74 Å². The lowest BCUT2D eigenvalue weighted by atomic mass is 9.95. The quantitative estimate of drug-likeness (QED) is 0.426. The van der Waals surface area contributed by atoms with Crippen LogP contribution in [0.3, 0.4) is 0 Å². The van der Waals surface area contributed by atoms with E-state index in [0.29, 0.717) is 36.4 Å². The Morgan fingerprint density at radius 3 is 2.31 bits per heavy atom. The zero-order valence-electron chi connectivity index (χ0n) is 16.5. The van der Waals surface area contributed by atoms with Crippen molar-refractivity contribution in [2.75, 3.05) is 13.2 Å². The molecule has 1 heterocycles. The van der Waals surface area contributed by atoms with E-state index in [9.17, 15) is 19.1 Å². The monoisotopic (exact) mass is 397 g/mol. The van der Waals surface area contributed by atoms with Crippen molar-refractivity contribution in [3.8, 4) is 5.75 Å². The molecule has 0 bridgehead atoms. The molecule has 1 aliphatic heterocycles. The molecule has 1 fully saturated rings. The molecule has 152 valence electrons. The predicted octanol–water partition coefficient (Wildman–Crippen LogP) is 4.45. The van der Waals surface area contributed by atoms with Crippen LogP contribution in [-0.4, -0.2) is 34.8 Å². The van der Waals surface area contributed by atoms with E-state index in [1.165, 1.54) is 29.2 Å². The number of unbranched alkanes of at least 4 members (excludes halogenated alkanes) is 1. The fourth-order valence-corrected chi connectivity index (χ4v) is 3.46. The van der Waals surface area contributed by atoms with Crippen LogP contribution >= 0.6 is 0 Å². The molecule has 0 radical (unpaired) electrons. The van der Waals surface area contributed by atoms with E-state index in [1.807, 2.05) is 13.8 Å². The van der Waals surface area contributed by atoms with Crippen molar-refractivity contribution in [1.82, 2.24) is 4.90 Å². The topological polar surface area (TPSA) is 66.8 Å². The highest BCUT2D eigenvalue weighted by Gasteiger charge is 2.45. The SMILES string of the molecule is CCCCN1C(=O)C(=O)/C(=C(\O)c2ccc(OCC)cc2)C1c1ccc(F)cc1. The molecular formula is C23H24FNO4. The Morgan fingerprint density at radius 1 is 1.07 bits per heavy atom. The van der Waals surface area contributed by atoms with Gasteiger partial charge >= 0.3 is 0 Å². The van der Waals surface area contributed by atoms with Crippen molar-refractivity contribution in [1.29, 1.82) is 0 Å². The zero-order valence-corrected chi connectivity index (χ0v) is 16.5. The maximum Gasteiger partial charge on any atom is 0.295 e. The number of hydrogen-bond donors (Lipinski definition) is 1. The van der Waals surface area contributed by atoms with Crippen molar-refractivity contribution in [2.45, 2.75) is 32.7 Å². The van der Waals surface area contributed by atoms with Crippen molar-refractivity contribution in [3.05, 3.63) is 71.0 Å².